The molecule has 0 bridgehead atoms. The number of para-hydroxylation sites is 1. The van der Waals surface area contributed by atoms with Crippen LogP contribution in [0.25, 0.3) is 5.76 Å². The molecule has 1 unspecified atom stereocenters. The van der Waals surface area contributed by atoms with Crippen molar-refractivity contribution in [2.45, 2.75) is 13.0 Å². The Morgan fingerprint density at radius 2 is 1.90 bits per heavy atom. The first kappa shape index (κ1) is 19.8. The Bertz CT molecular complexity index is 1170. The molecular weight excluding hydrogens is 406 g/mol. The van der Waals surface area contributed by atoms with E-state index in [1.807, 2.05) is 6.92 Å². The molecule has 1 fully saturated rings. The van der Waals surface area contributed by atoms with Crippen LogP contribution >= 0.6 is 11.6 Å². The molecule has 30 heavy (non-hydrogen) atoms. The molecule has 1 amide bonds. The van der Waals surface area contributed by atoms with Gasteiger partial charge in [-0.2, -0.15) is 0 Å². The van der Waals surface area contributed by atoms with Crippen LogP contribution in [0.15, 0.2) is 70.9 Å². The second-order valence-corrected chi connectivity index (χ2v) is 7.23. The van der Waals surface area contributed by atoms with Crippen LogP contribution in [0.3, 0.4) is 0 Å². The summed E-state index contributed by atoms with van der Waals surface area (Å²) in [5, 5.41) is 11.5. The van der Waals surface area contributed by atoms with Crippen molar-refractivity contribution in [1.82, 2.24) is 0 Å². The zero-order valence-corrected chi connectivity index (χ0v) is 17.0. The molecule has 1 aliphatic rings. The molecule has 0 spiro atoms. The number of carbonyl (C=O) groups is 2. The summed E-state index contributed by atoms with van der Waals surface area (Å²) in [4.78, 5) is 27.3. The smallest absolute Gasteiger partial charge is 0.300 e. The van der Waals surface area contributed by atoms with Gasteiger partial charge >= 0.3 is 0 Å². The number of aryl methyl sites for hydroxylation is 1. The fraction of sp³-hybridized carbons (Fsp3) is 0.130. The lowest BCUT2D eigenvalue weighted by Crippen LogP contribution is -2.29. The zero-order chi connectivity index (χ0) is 21.4. The van der Waals surface area contributed by atoms with Gasteiger partial charge in [0.2, 0.25) is 0 Å². The Morgan fingerprint density at radius 3 is 2.57 bits per heavy atom. The van der Waals surface area contributed by atoms with Crippen molar-refractivity contribution in [1.29, 1.82) is 0 Å². The molecule has 1 N–H and O–H groups in total. The van der Waals surface area contributed by atoms with E-state index in [1.54, 1.807) is 54.6 Å². The fourth-order valence-corrected chi connectivity index (χ4v) is 3.71. The molecule has 0 radical (unpaired) electrons. The molecule has 3 aromatic rings. The molecule has 152 valence electrons. The average molecular weight is 424 g/mol. The van der Waals surface area contributed by atoms with E-state index in [9.17, 15) is 14.7 Å². The van der Waals surface area contributed by atoms with E-state index in [1.165, 1.54) is 18.3 Å². The maximum absolute atomic E-state index is 13.0. The van der Waals surface area contributed by atoms with Gasteiger partial charge in [-0.1, -0.05) is 29.8 Å². The summed E-state index contributed by atoms with van der Waals surface area (Å²) in [5.74, 6) is -1.24. The van der Waals surface area contributed by atoms with Gasteiger partial charge in [-0.25, -0.2) is 0 Å². The minimum Gasteiger partial charge on any atom is -0.507 e. The molecule has 4 rings (SSSR count). The van der Waals surface area contributed by atoms with Crippen molar-refractivity contribution in [3.8, 4) is 5.75 Å². The molecule has 1 saturated heterocycles. The standard InChI is InChI=1S/C23H18ClNO5/c1-13-9-10-14(12-16(13)24)25-20(18-8-5-11-30-18)19(22(27)23(25)28)21(26)15-6-3-4-7-17(15)29-2/h3-12,20,26H,1-2H3/b21-19-. The molecule has 1 atom stereocenters. The van der Waals surface area contributed by atoms with Crippen LogP contribution < -0.4 is 9.64 Å². The van der Waals surface area contributed by atoms with Gasteiger partial charge in [0.1, 0.15) is 23.3 Å². The number of hydrogen-bond donors (Lipinski definition) is 1. The summed E-state index contributed by atoms with van der Waals surface area (Å²) in [7, 11) is 1.46. The van der Waals surface area contributed by atoms with Crippen LogP contribution in [0.5, 0.6) is 5.75 Å². The van der Waals surface area contributed by atoms with Gasteiger partial charge < -0.3 is 14.3 Å². The number of anilines is 1. The number of furan rings is 1. The summed E-state index contributed by atoms with van der Waals surface area (Å²) >= 11 is 6.26. The van der Waals surface area contributed by atoms with Gasteiger partial charge in [0.15, 0.2) is 0 Å². The van der Waals surface area contributed by atoms with E-state index in [0.29, 0.717) is 27.8 Å². The van der Waals surface area contributed by atoms with Crippen molar-refractivity contribution in [3.05, 3.63) is 88.3 Å². The number of nitrogens with zero attached hydrogens (tertiary/aromatic N) is 1. The van der Waals surface area contributed by atoms with E-state index >= 15 is 0 Å². The number of aliphatic hydroxyl groups is 1. The molecule has 1 aromatic heterocycles. The largest absolute Gasteiger partial charge is 0.507 e. The molecule has 0 aliphatic carbocycles. The summed E-state index contributed by atoms with van der Waals surface area (Å²) in [5.41, 5.74) is 1.47. The van der Waals surface area contributed by atoms with Gasteiger partial charge in [-0.05, 0) is 48.9 Å². The summed E-state index contributed by atoms with van der Waals surface area (Å²) in [6.45, 7) is 1.84. The first-order chi connectivity index (χ1) is 14.4. The lowest BCUT2D eigenvalue weighted by molar-refractivity contribution is -0.132. The number of ether oxygens (including phenoxy) is 1. The van der Waals surface area contributed by atoms with Crippen LogP contribution in [-0.4, -0.2) is 23.9 Å². The predicted octanol–water partition coefficient (Wildman–Crippen LogP) is 4.88. The monoisotopic (exact) mass is 423 g/mol. The van der Waals surface area contributed by atoms with E-state index in [4.69, 9.17) is 20.8 Å². The maximum Gasteiger partial charge on any atom is 0.300 e. The summed E-state index contributed by atoms with van der Waals surface area (Å²) in [6.07, 6.45) is 1.45. The highest BCUT2D eigenvalue weighted by molar-refractivity contribution is 6.51. The number of halogens is 1. The van der Waals surface area contributed by atoms with Gasteiger partial charge in [0.25, 0.3) is 11.7 Å². The van der Waals surface area contributed by atoms with Gasteiger partial charge in [-0.15, -0.1) is 0 Å². The van der Waals surface area contributed by atoms with Crippen molar-refractivity contribution in [2.24, 2.45) is 0 Å². The molecule has 2 heterocycles. The molecule has 6 nitrogen and oxygen atoms in total. The Balaban J connectivity index is 1.95. The van der Waals surface area contributed by atoms with E-state index in [2.05, 4.69) is 0 Å². The normalized spacial score (nSPS) is 18.1. The minimum absolute atomic E-state index is 0.0869. The second kappa shape index (κ2) is 7.72. The molecular formula is C23H18ClNO5. The molecule has 1 aliphatic heterocycles. The van der Waals surface area contributed by atoms with Crippen molar-refractivity contribution in [3.63, 3.8) is 0 Å². The SMILES string of the molecule is COc1ccccc1/C(O)=C1/C(=O)C(=O)N(c2ccc(C)c(Cl)c2)C1c1ccco1. The summed E-state index contributed by atoms with van der Waals surface area (Å²) < 4.78 is 10.8. The highest BCUT2D eigenvalue weighted by Gasteiger charge is 2.48. The van der Waals surface area contributed by atoms with Crippen molar-refractivity contribution < 1.29 is 23.8 Å². The molecule has 2 aromatic carbocycles. The molecule has 0 saturated carbocycles. The zero-order valence-electron chi connectivity index (χ0n) is 16.3. The lowest BCUT2D eigenvalue weighted by Gasteiger charge is -2.24. The Morgan fingerprint density at radius 1 is 1.13 bits per heavy atom. The number of carbonyl (C=O) groups excluding carboxylic acids is 2. The number of ketones is 1. The Labute approximate surface area is 177 Å². The first-order valence-corrected chi connectivity index (χ1v) is 9.55. The third-order valence-corrected chi connectivity index (χ3v) is 5.46. The van der Waals surface area contributed by atoms with Crippen LogP contribution in [0.1, 0.15) is 22.9 Å². The highest BCUT2D eigenvalue weighted by Crippen LogP contribution is 2.43. The van der Waals surface area contributed by atoms with E-state index in [-0.39, 0.29) is 11.3 Å². The number of rotatable bonds is 4. The van der Waals surface area contributed by atoms with Crippen LogP contribution in [0, 0.1) is 6.92 Å². The van der Waals surface area contributed by atoms with Gasteiger partial charge in [0, 0.05) is 10.7 Å². The Hall–Kier alpha value is -3.51. The topological polar surface area (TPSA) is 80.0 Å². The second-order valence-electron chi connectivity index (χ2n) is 6.82. The number of Topliss-reactive ketones (excluding diaryl/α,β-unsaturated/α-hetero) is 1. The average Bonchev–Trinajstić information content (AvgIpc) is 3.37. The third kappa shape index (κ3) is 3.15. The number of hydrogen-bond acceptors (Lipinski definition) is 5. The van der Waals surface area contributed by atoms with Crippen LogP contribution in [0.4, 0.5) is 5.69 Å². The Kier molecular flexibility index (Phi) is 5.10. The number of aliphatic hydroxyl groups excluding tert-OH is 1. The fourth-order valence-electron chi connectivity index (χ4n) is 3.53. The van der Waals surface area contributed by atoms with Gasteiger partial charge in [-0.3, -0.25) is 14.5 Å². The maximum atomic E-state index is 13.0. The highest BCUT2D eigenvalue weighted by atomic mass is 35.5. The predicted molar refractivity (Wildman–Crippen MR) is 113 cm³/mol. The number of amides is 1. The van der Waals surface area contributed by atoms with E-state index in [0.717, 1.165) is 5.56 Å². The number of methoxy groups -OCH3 is 1. The van der Waals surface area contributed by atoms with Gasteiger partial charge in [0.05, 0.1) is 24.5 Å². The van der Waals surface area contributed by atoms with Crippen molar-refractivity contribution >= 4 is 34.7 Å². The first-order valence-electron chi connectivity index (χ1n) is 9.18. The quantitative estimate of drug-likeness (QED) is 0.367. The van der Waals surface area contributed by atoms with Crippen molar-refractivity contribution in [2.75, 3.05) is 12.0 Å². The lowest BCUT2D eigenvalue weighted by atomic mass is 9.98. The third-order valence-electron chi connectivity index (χ3n) is 5.05. The van der Waals surface area contributed by atoms with E-state index < -0.39 is 17.7 Å². The number of benzene rings is 2. The van der Waals surface area contributed by atoms with Crippen LogP contribution in [-0.2, 0) is 9.59 Å². The molecule has 7 heteroatoms. The van der Waals surface area contributed by atoms with Crippen LogP contribution in [0.2, 0.25) is 5.02 Å². The minimum atomic E-state index is -0.955. The summed E-state index contributed by atoms with van der Waals surface area (Å²) in [6, 6.07) is 14.1.